The lowest BCUT2D eigenvalue weighted by molar-refractivity contribution is 1.06. The zero-order chi connectivity index (χ0) is 9.38. The van der Waals surface area contributed by atoms with Crippen LogP contribution in [0.25, 0.3) is 21.3 Å². The van der Waals surface area contributed by atoms with Crippen LogP contribution in [-0.4, -0.2) is 10.2 Å². The highest BCUT2D eigenvalue weighted by Gasteiger charge is 2.06. The van der Waals surface area contributed by atoms with Gasteiger partial charge in [-0.1, -0.05) is 0 Å². The van der Waals surface area contributed by atoms with Gasteiger partial charge in [0, 0.05) is 16.3 Å². The summed E-state index contributed by atoms with van der Waals surface area (Å²) in [4.78, 5) is 0. The average Bonchev–Trinajstić information content (AvgIpc) is 2.88. The normalized spacial score (nSPS) is 10.9. The fourth-order valence-electron chi connectivity index (χ4n) is 1.42. The molecular formula is C10H6N2S2. The molecule has 4 heteroatoms. The Kier molecular flexibility index (Phi) is 1.82. The van der Waals surface area contributed by atoms with Crippen molar-refractivity contribution in [1.29, 1.82) is 0 Å². The van der Waals surface area contributed by atoms with E-state index in [1.54, 1.807) is 22.7 Å². The molecule has 3 heterocycles. The van der Waals surface area contributed by atoms with Gasteiger partial charge in [0.15, 0.2) is 0 Å². The highest BCUT2D eigenvalue weighted by atomic mass is 32.1. The van der Waals surface area contributed by atoms with E-state index >= 15 is 0 Å². The van der Waals surface area contributed by atoms with E-state index in [4.69, 9.17) is 0 Å². The molecule has 0 atom stereocenters. The Labute approximate surface area is 88.9 Å². The highest BCUT2D eigenvalue weighted by Crippen LogP contribution is 2.29. The van der Waals surface area contributed by atoms with Crippen molar-refractivity contribution in [3.63, 3.8) is 0 Å². The van der Waals surface area contributed by atoms with Crippen molar-refractivity contribution in [2.75, 3.05) is 0 Å². The molecule has 0 amide bonds. The van der Waals surface area contributed by atoms with Crippen molar-refractivity contribution < 1.29 is 0 Å². The molecule has 0 fully saturated rings. The summed E-state index contributed by atoms with van der Waals surface area (Å²) in [6.07, 6.45) is 1.82. The number of nitrogens with zero attached hydrogens (tertiary/aromatic N) is 2. The lowest BCUT2D eigenvalue weighted by Crippen LogP contribution is -1.84. The van der Waals surface area contributed by atoms with Gasteiger partial charge in [0.05, 0.1) is 10.9 Å². The quantitative estimate of drug-likeness (QED) is 0.625. The van der Waals surface area contributed by atoms with Crippen molar-refractivity contribution in [2.24, 2.45) is 0 Å². The van der Waals surface area contributed by atoms with Crippen LogP contribution in [0.1, 0.15) is 0 Å². The molecule has 0 aliphatic rings. The van der Waals surface area contributed by atoms with Crippen LogP contribution in [0.2, 0.25) is 0 Å². The topological polar surface area (TPSA) is 25.8 Å². The molecule has 0 spiro atoms. The monoisotopic (exact) mass is 218 g/mol. The van der Waals surface area contributed by atoms with E-state index in [0.717, 1.165) is 11.3 Å². The first kappa shape index (κ1) is 8.08. The summed E-state index contributed by atoms with van der Waals surface area (Å²) < 4.78 is 1.20. The first-order valence-corrected chi connectivity index (χ1v) is 5.99. The number of hydrogen-bond acceptors (Lipinski definition) is 4. The predicted molar refractivity (Wildman–Crippen MR) is 60.7 cm³/mol. The maximum absolute atomic E-state index is 4.18. The molecule has 3 aromatic heterocycles. The summed E-state index contributed by atoms with van der Waals surface area (Å²) in [6.45, 7) is 0. The summed E-state index contributed by atoms with van der Waals surface area (Å²) >= 11 is 3.38. The second kappa shape index (κ2) is 3.15. The third-order valence-electron chi connectivity index (χ3n) is 2.08. The number of rotatable bonds is 1. The van der Waals surface area contributed by atoms with Gasteiger partial charge in [-0.2, -0.15) is 16.4 Å². The summed E-state index contributed by atoms with van der Waals surface area (Å²) in [5.74, 6) is 0. The molecule has 0 N–H and O–H groups in total. The summed E-state index contributed by atoms with van der Waals surface area (Å²) in [6, 6.07) is 4.17. The van der Waals surface area contributed by atoms with Crippen LogP contribution in [0.4, 0.5) is 0 Å². The Morgan fingerprint density at radius 1 is 1.14 bits per heavy atom. The van der Waals surface area contributed by atoms with Gasteiger partial charge in [-0.05, 0) is 22.9 Å². The zero-order valence-corrected chi connectivity index (χ0v) is 8.81. The van der Waals surface area contributed by atoms with Crippen molar-refractivity contribution in [1.82, 2.24) is 10.2 Å². The maximum Gasteiger partial charge on any atom is 0.102 e. The van der Waals surface area contributed by atoms with Crippen LogP contribution in [0.15, 0.2) is 34.5 Å². The van der Waals surface area contributed by atoms with Crippen LogP contribution >= 0.6 is 22.7 Å². The third kappa shape index (κ3) is 1.15. The fourth-order valence-corrected chi connectivity index (χ4v) is 2.81. The smallest absolute Gasteiger partial charge is 0.102 e. The van der Waals surface area contributed by atoms with E-state index in [1.807, 2.05) is 6.20 Å². The minimum atomic E-state index is 0.991. The van der Waals surface area contributed by atoms with E-state index in [1.165, 1.54) is 10.1 Å². The number of thiophene rings is 2. The zero-order valence-electron chi connectivity index (χ0n) is 7.18. The van der Waals surface area contributed by atoms with E-state index in [-0.39, 0.29) is 0 Å². The molecule has 0 radical (unpaired) electrons. The lowest BCUT2D eigenvalue weighted by atomic mass is 10.2. The number of fused-ring (bicyclic) bond motifs is 1. The minimum Gasteiger partial charge on any atom is -0.157 e. The second-order valence-electron chi connectivity index (χ2n) is 2.90. The van der Waals surface area contributed by atoms with Gasteiger partial charge < -0.3 is 0 Å². The Hall–Kier alpha value is -1.26. The van der Waals surface area contributed by atoms with Gasteiger partial charge in [0.2, 0.25) is 0 Å². The largest absolute Gasteiger partial charge is 0.157 e. The van der Waals surface area contributed by atoms with Crippen LogP contribution in [0.5, 0.6) is 0 Å². The average molecular weight is 218 g/mol. The van der Waals surface area contributed by atoms with Gasteiger partial charge in [-0.3, -0.25) is 0 Å². The molecule has 2 nitrogen and oxygen atoms in total. The van der Waals surface area contributed by atoms with Gasteiger partial charge in [-0.15, -0.1) is 16.4 Å². The van der Waals surface area contributed by atoms with Gasteiger partial charge in [0.25, 0.3) is 0 Å². The van der Waals surface area contributed by atoms with Crippen molar-refractivity contribution in [2.45, 2.75) is 0 Å². The molecule has 0 bridgehead atoms. The van der Waals surface area contributed by atoms with Crippen molar-refractivity contribution >= 4 is 32.8 Å². The molecule has 0 aliphatic heterocycles. The molecule has 3 rings (SSSR count). The van der Waals surface area contributed by atoms with Crippen LogP contribution in [-0.2, 0) is 0 Å². The SMILES string of the molecule is c1cc(-c2nncc3sccc23)cs1. The maximum atomic E-state index is 4.18. The molecular weight excluding hydrogens is 212 g/mol. The molecule has 0 saturated heterocycles. The van der Waals surface area contributed by atoms with E-state index in [9.17, 15) is 0 Å². The fraction of sp³-hybridized carbons (Fsp3) is 0. The van der Waals surface area contributed by atoms with Gasteiger partial charge in [-0.25, -0.2) is 0 Å². The summed E-state index contributed by atoms with van der Waals surface area (Å²) in [7, 11) is 0. The molecule has 0 unspecified atom stereocenters. The Morgan fingerprint density at radius 2 is 2.14 bits per heavy atom. The highest BCUT2D eigenvalue weighted by molar-refractivity contribution is 7.17. The molecule has 0 aromatic carbocycles. The molecule has 14 heavy (non-hydrogen) atoms. The van der Waals surface area contributed by atoms with Crippen molar-refractivity contribution in [3.05, 3.63) is 34.5 Å². The molecule has 0 aliphatic carbocycles. The van der Waals surface area contributed by atoms with Crippen LogP contribution in [0, 0.1) is 0 Å². The second-order valence-corrected chi connectivity index (χ2v) is 4.63. The lowest BCUT2D eigenvalue weighted by Gasteiger charge is -1.96. The molecule has 0 saturated carbocycles. The Bertz CT molecular complexity index is 554. The van der Waals surface area contributed by atoms with E-state index in [2.05, 4.69) is 38.5 Å². The third-order valence-corrected chi connectivity index (χ3v) is 3.61. The molecule has 3 aromatic rings. The Balaban J connectivity index is 2.36. The first-order valence-electron chi connectivity index (χ1n) is 4.16. The predicted octanol–water partition coefficient (Wildman–Crippen LogP) is 3.42. The first-order chi connectivity index (χ1) is 6.95. The van der Waals surface area contributed by atoms with Crippen molar-refractivity contribution in [3.8, 4) is 11.3 Å². The summed E-state index contributed by atoms with van der Waals surface area (Å²) in [5, 5.41) is 15.6. The number of hydrogen-bond donors (Lipinski definition) is 0. The number of aromatic nitrogens is 2. The van der Waals surface area contributed by atoms with Gasteiger partial charge in [0.1, 0.15) is 5.69 Å². The minimum absolute atomic E-state index is 0.991. The van der Waals surface area contributed by atoms with Crippen LogP contribution < -0.4 is 0 Å². The van der Waals surface area contributed by atoms with E-state index < -0.39 is 0 Å². The van der Waals surface area contributed by atoms with E-state index in [0.29, 0.717) is 0 Å². The standard InChI is InChI=1S/C10H6N2S2/c1-3-13-6-7(1)10-8-2-4-14-9(8)5-11-12-10/h1-6H. The molecule has 68 valence electrons. The summed E-state index contributed by atoms with van der Waals surface area (Å²) in [5.41, 5.74) is 2.15. The van der Waals surface area contributed by atoms with Crippen LogP contribution in [0.3, 0.4) is 0 Å². The Morgan fingerprint density at radius 3 is 3.00 bits per heavy atom. The van der Waals surface area contributed by atoms with Gasteiger partial charge >= 0.3 is 0 Å².